The number of rotatable bonds is 5. The molecule has 1 aromatic carbocycles. The van der Waals surface area contributed by atoms with Gasteiger partial charge in [0.2, 0.25) is 0 Å². The number of carboxylic acid groups (broad SMARTS) is 1. The zero-order valence-electron chi connectivity index (χ0n) is 9.31. The van der Waals surface area contributed by atoms with E-state index in [1.807, 2.05) is 6.07 Å². The molecule has 0 spiro atoms. The maximum absolute atomic E-state index is 10.4. The molecule has 1 unspecified atom stereocenters. The third-order valence-electron chi connectivity index (χ3n) is 2.15. The first-order valence-corrected chi connectivity index (χ1v) is 5.90. The molecule has 0 aromatic heterocycles. The molecule has 1 atom stereocenters. The summed E-state index contributed by atoms with van der Waals surface area (Å²) in [6, 6.07) is 7.17. The molecular weight excluding hydrogens is 286 g/mol. The van der Waals surface area contributed by atoms with Crippen molar-refractivity contribution >= 4 is 21.9 Å². The molecule has 17 heavy (non-hydrogen) atoms. The Hall–Kier alpha value is -1.54. The smallest absolute Gasteiger partial charge is 0.303 e. The van der Waals surface area contributed by atoms with Gasteiger partial charge >= 0.3 is 5.97 Å². The lowest BCUT2D eigenvalue weighted by Crippen LogP contribution is -2.14. The predicted molar refractivity (Wildman–Crippen MR) is 65.8 cm³/mol. The molecule has 0 aliphatic carbocycles. The van der Waals surface area contributed by atoms with E-state index in [2.05, 4.69) is 15.9 Å². The van der Waals surface area contributed by atoms with Crippen LogP contribution in [0.2, 0.25) is 0 Å². The third-order valence-corrected chi connectivity index (χ3v) is 2.65. The van der Waals surface area contributed by atoms with Gasteiger partial charge in [-0.2, -0.15) is 5.26 Å². The molecule has 1 N–H and O–H groups in total. The van der Waals surface area contributed by atoms with Crippen molar-refractivity contribution in [3.63, 3.8) is 0 Å². The van der Waals surface area contributed by atoms with E-state index in [0.29, 0.717) is 17.7 Å². The topological polar surface area (TPSA) is 70.3 Å². The minimum absolute atomic E-state index is 0.0551. The maximum atomic E-state index is 10.4. The molecule has 0 amide bonds. The summed E-state index contributed by atoms with van der Waals surface area (Å²) in [5.74, 6) is -0.370. The highest BCUT2D eigenvalue weighted by Crippen LogP contribution is 2.24. The van der Waals surface area contributed by atoms with Crippen molar-refractivity contribution in [1.82, 2.24) is 0 Å². The largest absolute Gasteiger partial charge is 0.489 e. The van der Waals surface area contributed by atoms with Gasteiger partial charge in [0.05, 0.1) is 11.7 Å². The summed E-state index contributed by atoms with van der Waals surface area (Å²) in [7, 11) is 0. The Balaban J connectivity index is 2.68. The van der Waals surface area contributed by atoms with Gasteiger partial charge in [0.1, 0.15) is 11.8 Å². The summed E-state index contributed by atoms with van der Waals surface area (Å²) >= 11 is 3.27. The van der Waals surface area contributed by atoms with E-state index < -0.39 is 5.97 Å². The summed E-state index contributed by atoms with van der Waals surface area (Å²) in [5, 5.41) is 17.5. The number of hydrogen-bond acceptors (Lipinski definition) is 3. The molecule has 1 aromatic rings. The first-order chi connectivity index (χ1) is 8.02. The van der Waals surface area contributed by atoms with E-state index in [-0.39, 0.29) is 12.5 Å². The molecule has 0 heterocycles. The van der Waals surface area contributed by atoms with E-state index in [1.165, 1.54) is 0 Å². The molecule has 1 rings (SSSR count). The molecule has 0 radical (unpaired) electrons. The first kappa shape index (κ1) is 13.5. The van der Waals surface area contributed by atoms with Gasteiger partial charge in [0.25, 0.3) is 0 Å². The number of nitrogens with zero attached hydrogens (tertiary/aromatic N) is 1. The quantitative estimate of drug-likeness (QED) is 0.907. The van der Waals surface area contributed by atoms with Crippen molar-refractivity contribution in [3.8, 4) is 11.8 Å². The normalized spacial score (nSPS) is 11.6. The molecule has 4 nitrogen and oxygen atoms in total. The van der Waals surface area contributed by atoms with Gasteiger partial charge in [-0.25, -0.2) is 0 Å². The van der Waals surface area contributed by atoms with Crippen LogP contribution in [0.1, 0.15) is 25.3 Å². The summed E-state index contributed by atoms with van der Waals surface area (Å²) in [5.41, 5.74) is 0.432. The van der Waals surface area contributed by atoms with Crippen molar-refractivity contribution in [3.05, 3.63) is 28.2 Å². The molecular formula is C12H12BrNO3. The fraction of sp³-hybridized carbons (Fsp3) is 0.333. The molecule has 0 aliphatic heterocycles. The molecule has 5 heteroatoms. The zero-order chi connectivity index (χ0) is 12.8. The molecule has 0 saturated carbocycles. The van der Waals surface area contributed by atoms with Crippen LogP contribution in [-0.2, 0) is 4.79 Å². The number of ether oxygens (including phenoxy) is 1. The Bertz CT molecular complexity index is 454. The number of hydrogen-bond donors (Lipinski definition) is 1. The van der Waals surface area contributed by atoms with Crippen molar-refractivity contribution in [2.75, 3.05) is 0 Å². The second kappa shape index (κ2) is 6.26. The lowest BCUT2D eigenvalue weighted by Gasteiger charge is -2.14. The molecule has 0 aliphatic rings. The van der Waals surface area contributed by atoms with Crippen molar-refractivity contribution in [2.24, 2.45) is 0 Å². The van der Waals surface area contributed by atoms with Gasteiger partial charge < -0.3 is 9.84 Å². The maximum Gasteiger partial charge on any atom is 0.303 e. The second-order valence-electron chi connectivity index (χ2n) is 3.61. The number of carboxylic acids is 1. The highest BCUT2D eigenvalue weighted by atomic mass is 79.9. The van der Waals surface area contributed by atoms with E-state index in [0.717, 1.165) is 4.47 Å². The predicted octanol–water partition coefficient (Wildman–Crippen LogP) is 2.95. The summed E-state index contributed by atoms with van der Waals surface area (Å²) in [6.45, 7) is 1.78. The Morgan fingerprint density at radius 1 is 1.65 bits per heavy atom. The fourth-order valence-electron chi connectivity index (χ4n) is 1.29. The lowest BCUT2D eigenvalue weighted by molar-refractivity contribution is -0.137. The average molecular weight is 298 g/mol. The monoisotopic (exact) mass is 297 g/mol. The lowest BCUT2D eigenvalue weighted by atomic mass is 10.2. The van der Waals surface area contributed by atoms with Crippen LogP contribution in [0, 0.1) is 11.3 Å². The Kier molecular flexibility index (Phi) is 4.98. The summed E-state index contributed by atoms with van der Waals surface area (Å²) in [6.07, 6.45) is 0.231. The zero-order valence-corrected chi connectivity index (χ0v) is 10.9. The third kappa shape index (κ3) is 4.45. The summed E-state index contributed by atoms with van der Waals surface area (Å²) < 4.78 is 6.34. The van der Waals surface area contributed by atoms with E-state index >= 15 is 0 Å². The van der Waals surface area contributed by atoms with Crippen LogP contribution in [-0.4, -0.2) is 17.2 Å². The minimum Gasteiger partial charge on any atom is -0.489 e. The minimum atomic E-state index is -0.850. The average Bonchev–Trinajstić information content (AvgIpc) is 2.28. The van der Waals surface area contributed by atoms with Gasteiger partial charge in [0, 0.05) is 10.9 Å². The van der Waals surface area contributed by atoms with Crippen LogP contribution in [0.25, 0.3) is 0 Å². The van der Waals surface area contributed by atoms with Gasteiger partial charge in [-0.1, -0.05) is 15.9 Å². The Morgan fingerprint density at radius 2 is 2.35 bits per heavy atom. The first-order valence-electron chi connectivity index (χ1n) is 5.11. The van der Waals surface area contributed by atoms with E-state index in [9.17, 15) is 4.79 Å². The van der Waals surface area contributed by atoms with Gasteiger partial charge in [-0.15, -0.1) is 0 Å². The molecule has 0 fully saturated rings. The van der Waals surface area contributed by atoms with Crippen LogP contribution in [0.3, 0.4) is 0 Å². The highest BCUT2D eigenvalue weighted by Gasteiger charge is 2.10. The SMILES string of the molecule is CC(CCC(=O)O)Oc1ccc(Br)cc1C#N. The van der Waals surface area contributed by atoms with Crippen molar-refractivity contribution in [1.29, 1.82) is 5.26 Å². The van der Waals surface area contributed by atoms with Crippen molar-refractivity contribution < 1.29 is 14.6 Å². The van der Waals surface area contributed by atoms with Gasteiger partial charge in [-0.3, -0.25) is 4.79 Å². The van der Waals surface area contributed by atoms with Crippen LogP contribution in [0.15, 0.2) is 22.7 Å². The van der Waals surface area contributed by atoms with Crippen LogP contribution < -0.4 is 4.74 Å². The molecule has 90 valence electrons. The Morgan fingerprint density at radius 3 is 2.94 bits per heavy atom. The van der Waals surface area contributed by atoms with E-state index in [4.69, 9.17) is 15.1 Å². The number of carbonyl (C=O) groups is 1. The highest BCUT2D eigenvalue weighted by molar-refractivity contribution is 9.10. The standard InChI is InChI=1S/C12H12BrNO3/c1-8(2-5-12(15)16)17-11-4-3-10(13)6-9(11)7-14/h3-4,6,8H,2,5H2,1H3,(H,15,16). The van der Waals surface area contributed by atoms with Gasteiger partial charge in [-0.05, 0) is 31.5 Å². The Labute approximate surface area is 108 Å². The number of aliphatic carboxylic acids is 1. The fourth-order valence-corrected chi connectivity index (χ4v) is 1.66. The van der Waals surface area contributed by atoms with Crippen molar-refractivity contribution in [2.45, 2.75) is 25.9 Å². The van der Waals surface area contributed by atoms with Crippen LogP contribution in [0.4, 0.5) is 0 Å². The van der Waals surface area contributed by atoms with Crippen LogP contribution >= 0.6 is 15.9 Å². The molecule has 0 saturated heterocycles. The summed E-state index contributed by atoms with van der Waals surface area (Å²) in [4.78, 5) is 10.4. The number of benzene rings is 1. The van der Waals surface area contributed by atoms with Gasteiger partial charge in [0.15, 0.2) is 0 Å². The van der Waals surface area contributed by atoms with Crippen LogP contribution in [0.5, 0.6) is 5.75 Å². The van der Waals surface area contributed by atoms with E-state index in [1.54, 1.807) is 25.1 Å². The number of nitriles is 1. The second-order valence-corrected chi connectivity index (χ2v) is 4.53. The molecule has 0 bridgehead atoms. The number of halogens is 1.